The van der Waals surface area contributed by atoms with Gasteiger partial charge in [-0.05, 0) is 18.6 Å². The van der Waals surface area contributed by atoms with Gasteiger partial charge in [0.1, 0.15) is 0 Å². The first-order chi connectivity index (χ1) is 7.88. The Kier molecular flexibility index (Phi) is 6.61. The monoisotopic (exact) mass is 222 g/mol. The van der Waals surface area contributed by atoms with Crippen LogP contribution >= 0.6 is 0 Å². The van der Waals surface area contributed by atoms with Gasteiger partial charge in [-0.25, -0.2) is 0 Å². The number of rotatable bonds is 2. The zero-order valence-corrected chi connectivity index (χ0v) is 10.0. The van der Waals surface area contributed by atoms with Gasteiger partial charge >= 0.3 is 0 Å². The third-order valence-corrected chi connectivity index (χ3v) is 2.46. The fraction of sp³-hybridized carbons (Fsp3) is 0.538. The molecular weight excluding hydrogens is 200 g/mol. The summed E-state index contributed by atoms with van der Waals surface area (Å²) >= 11 is 0. The average molecular weight is 222 g/mol. The minimum absolute atomic E-state index is 0.319. The van der Waals surface area contributed by atoms with Gasteiger partial charge in [-0.1, -0.05) is 25.1 Å². The van der Waals surface area contributed by atoms with Gasteiger partial charge in [0.05, 0.1) is 0 Å². The standard InChI is InChI=1S/C10H14N2.C3H8O/c1-2-4-10(5-3-1)12-8-6-11-7-9-12;1-2-3-4/h1-5,11H,6-9H2;4H,2-3H2,1H3. The number of aliphatic hydroxyl groups is 1. The Morgan fingerprint density at radius 3 is 2.25 bits per heavy atom. The molecule has 90 valence electrons. The summed E-state index contributed by atoms with van der Waals surface area (Å²) in [6.45, 7) is 6.72. The number of aliphatic hydroxyl groups excluding tert-OH is 1. The van der Waals surface area contributed by atoms with Crippen molar-refractivity contribution in [1.82, 2.24) is 5.32 Å². The molecule has 3 nitrogen and oxygen atoms in total. The summed E-state index contributed by atoms with van der Waals surface area (Å²) in [5, 5.41) is 11.2. The maximum atomic E-state index is 7.88. The quantitative estimate of drug-likeness (QED) is 0.795. The molecule has 3 heteroatoms. The van der Waals surface area contributed by atoms with E-state index in [9.17, 15) is 0 Å². The number of piperazine rings is 1. The van der Waals surface area contributed by atoms with Crippen molar-refractivity contribution in [1.29, 1.82) is 0 Å². The molecule has 0 bridgehead atoms. The van der Waals surface area contributed by atoms with Crippen molar-refractivity contribution in [2.45, 2.75) is 13.3 Å². The van der Waals surface area contributed by atoms with Crippen LogP contribution in [0, 0.1) is 0 Å². The fourth-order valence-electron chi connectivity index (χ4n) is 1.56. The molecule has 0 unspecified atom stereocenters. The first-order valence-electron chi connectivity index (χ1n) is 6.00. The van der Waals surface area contributed by atoms with E-state index in [1.54, 1.807) is 0 Å². The van der Waals surface area contributed by atoms with Crippen LogP contribution in [0.3, 0.4) is 0 Å². The molecule has 1 fully saturated rings. The van der Waals surface area contributed by atoms with Crippen LogP contribution in [0.1, 0.15) is 13.3 Å². The van der Waals surface area contributed by atoms with Crippen LogP contribution in [0.5, 0.6) is 0 Å². The van der Waals surface area contributed by atoms with Crippen molar-refractivity contribution < 1.29 is 5.11 Å². The molecule has 16 heavy (non-hydrogen) atoms. The lowest BCUT2D eigenvalue weighted by atomic mass is 10.2. The number of benzene rings is 1. The number of anilines is 1. The molecule has 1 heterocycles. The highest BCUT2D eigenvalue weighted by atomic mass is 16.2. The minimum Gasteiger partial charge on any atom is -0.396 e. The smallest absolute Gasteiger partial charge is 0.0428 e. The number of nitrogens with zero attached hydrogens (tertiary/aromatic N) is 1. The molecule has 1 saturated heterocycles. The van der Waals surface area contributed by atoms with Crippen LogP contribution in [0.25, 0.3) is 0 Å². The van der Waals surface area contributed by atoms with Crippen molar-refractivity contribution in [2.24, 2.45) is 0 Å². The summed E-state index contributed by atoms with van der Waals surface area (Å²) in [5.41, 5.74) is 1.35. The van der Waals surface area contributed by atoms with Crippen LogP contribution < -0.4 is 10.2 Å². The molecule has 0 amide bonds. The maximum Gasteiger partial charge on any atom is 0.0428 e. The second-order valence-corrected chi connectivity index (χ2v) is 3.80. The van der Waals surface area contributed by atoms with Crippen LogP contribution in [0.15, 0.2) is 30.3 Å². The average Bonchev–Trinajstić information content (AvgIpc) is 2.41. The Labute approximate surface area is 98.1 Å². The molecule has 2 N–H and O–H groups in total. The zero-order chi connectivity index (χ0) is 11.6. The van der Waals surface area contributed by atoms with Gasteiger partial charge in [0.15, 0.2) is 0 Å². The molecule has 1 aliphatic rings. The van der Waals surface area contributed by atoms with Crippen LogP contribution in [0.2, 0.25) is 0 Å². The minimum atomic E-state index is 0.319. The topological polar surface area (TPSA) is 35.5 Å². The van der Waals surface area contributed by atoms with Gasteiger partial charge < -0.3 is 15.3 Å². The predicted octanol–water partition coefficient (Wildman–Crippen LogP) is 1.48. The summed E-state index contributed by atoms with van der Waals surface area (Å²) in [7, 11) is 0. The lowest BCUT2D eigenvalue weighted by Crippen LogP contribution is -2.43. The van der Waals surface area contributed by atoms with E-state index >= 15 is 0 Å². The first kappa shape index (κ1) is 13.0. The van der Waals surface area contributed by atoms with Crippen molar-refractivity contribution in [3.05, 3.63) is 30.3 Å². The van der Waals surface area contributed by atoms with E-state index < -0.39 is 0 Å². The maximum absolute atomic E-state index is 7.88. The molecule has 0 atom stereocenters. The summed E-state index contributed by atoms with van der Waals surface area (Å²) in [5.74, 6) is 0. The first-order valence-corrected chi connectivity index (χ1v) is 6.00. The molecule has 0 aromatic heterocycles. The number of hydrogen-bond donors (Lipinski definition) is 2. The molecule has 0 radical (unpaired) electrons. The highest BCUT2D eigenvalue weighted by Crippen LogP contribution is 2.12. The van der Waals surface area contributed by atoms with Gasteiger partial charge in [-0.3, -0.25) is 0 Å². The van der Waals surface area contributed by atoms with E-state index in [0.717, 1.165) is 32.6 Å². The molecule has 1 aromatic rings. The van der Waals surface area contributed by atoms with Crippen LogP contribution in [-0.4, -0.2) is 37.9 Å². The summed E-state index contributed by atoms with van der Waals surface area (Å²) in [6, 6.07) is 10.6. The Bertz CT molecular complexity index is 256. The Balaban J connectivity index is 0.000000280. The van der Waals surface area contributed by atoms with E-state index in [1.165, 1.54) is 5.69 Å². The largest absolute Gasteiger partial charge is 0.396 e. The number of nitrogens with one attached hydrogen (secondary N) is 1. The van der Waals surface area contributed by atoms with Gasteiger partial charge in [-0.2, -0.15) is 0 Å². The Morgan fingerprint density at radius 1 is 1.19 bits per heavy atom. The molecule has 2 rings (SSSR count). The summed E-state index contributed by atoms with van der Waals surface area (Å²) in [4.78, 5) is 2.41. The van der Waals surface area contributed by atoms with E-state index in [0.29, 0.717) is 6.61 Å². The Hall–Kier alpha value is -1.06. The van der Waals surface area contributed by atoms with Gasteiger partial charge in [0, 0.05) is 38.5 Å². The van der Waals surface area contributed by atoms with E-state index in [-0.39, 0.29) is 0 Å². The van der Waals surface area contributed by atoms with Gasteiger partial charge in [0.2, 0.25) is 0 Å². The third kappa shape index (κ3) is 4.64. The Morgan fingerprint density at radius 2 is 1.75 bits per heavy atom. The number of para-hydroxylation sites is 1. The van der Waals surface area contributed by atoms with Gasteiger partial charge in [-0.15, -0.1) is 0 Å². The summed E-state index contributed by atoms with van der Waals surface area (Å²) < 4.78 is 0. The van der Waals surface area contributed by atoms with Crippen LogP contribution in [0.4, 0.5) is 5.69 Å². The van der Waals surface area contributed by atoms with Crippen molar-refractivity contribution in [3.8, 4) is 0 Å². The number of hydrogen-bond acceptors (Lipinski definition) is 3. The fourth-order valence-corrected chi connectivity index (χ4v) is 1.56. The van der Waals surface area contributed by atoms with E-state index in [4.69, 9.17) is 5.11 Å². The van der Waals surface area contributed by atoms with Gasteiger partial charge in [0.25, 0.3) is 0 Å². The van der Waals surface area contributed by atoms with E-state index in [1.807, 2.05) is 6.92 Å². The molecule has 0 saturated carbocycles. The van der Waals surface area contributed by atoms with Crippen molar-refractivity contribution in [2.75, 3.05) is 37.7 Å². The van der Waals surface area contributed by atoms with Crippen molar-refractivity contribution in [3.63, 3.8) is 0 Å². The molecule has 0 spiro atoms. The molecule has 1 aromatic carbocycles. The SMILES string of the molecule is CCCO.c1ccc(N2CCNCC2)cc1. The highest BCUT2D eigenvalue weighted by molar-refractivity contribution is 5.46. The highest BCUT2D eigenvalue weighted by Gasteiger charge is 2.08. The van der Waals surface area contributed by atoms with Crippen molar-refractivity contribution >= 4 is 5.69 Å². The molecule has 1 aliphatic heterocycles. The zero-order valence-electron chi connectivity index (χ0n) is 10.0. The second-order valence-electron chi connectivity index (χ2n) is 3.80. The normalized spacial score (nSPS) is 15.2. The summed E-state index contributed by atoms with van der Waals surface area (Å²) in [6.07, 6.45) is 0.875. The molecule has 0 aliphatic carbocycles. The molecular formula is C13H22N2O. The van der Waals surface area contributed by atoms with E-state index in [2.05, 4.69) is 40.5 Å². The lowest BCUT2D eigenvalue weighted by molar-refractivity contribution is 0.295. The second kappa shape index (κ2) is 8.13. The third-order valence-electron chi connectivity index (χ3n) is 2.46. The predicted molar refractivity (Wildman–Crippen MR) is 68.9 cm³/mol. The lowest BCUT2D eigenvalue weighted by Gasteiger charge is -2.29. The van der Waals surface area contributed by atoms with Crippen LogP contribution in [-0.2, 0) is 0 Å².